The van der Waals surface area contributed by atoms with E-state index in [1.165, 1.54) is 5.56 Å². The van der Waals surface area contributed by atoms with Crippen LogP contribution in [0.2, 0.25) is 0 Å². The first kappa shape index (κ1) is 9.16. The quantitative estimate of drug-likeness (QED) is 0.713. The van der Waals surface area contributed by atoms with Crippen LogP contribution in [0.4, 0.5) is 0 Å². The van der Waals surface area contributed by atoms with Crippen molar-refractivity contribution >= 4 is 0 Å². The molecule has 0 aliphatic heterocycles. The van der Waals surface area contributed by atoms with E-state index in [-0.39, 0.29) is 0 Å². The van der Waals surface area contributed by atoms with Crippen molar-refractivity contribution in [2.75, 3.05) is 14.1 Å². The van der Waals surface area contributed by atoms with E-state index in [0.717, 1.165) is 12.2 Å². The molecular formula is C9H15N3. The maximum Gasteiger partial charge on any atom is 0.0539 e. The summed E-state index contributed by atoms with van der Waals surface area (Å²) in [7, 11) is 4.08. The van der Waals surface area contributed by atoms with E-state index >= 15 is 0 Å². The van der Waals surface area contributed by atoms with Crippen LogP contribution < -0.4 is 5.73 Å². The highest BCUT2D eigenvalue weighted by Crippen LogP contribution is 2.01. The Balaban J connectivity index is 2.65. The molecule has 1 heterocycles. The summed E-state index contributed by atoms with van der Waals surface area (Å²) in [5, 5.41) is 0. The van der Waals surface area contributed by atoms with Crippen LogP contribution in [0.25, 0.3) is 0 Å². The molecule has 0 spiro atoms. The van der Waals surface area contributed by atoms with Gasteiger partial charge in [0.05, 0.1) is 5.69 Å². The van der Waals surface area contributed by atoms with Gasteiger partial charge in [0.15, 0.2) is 0 Å². The Morgan fingerprint density at radius 1 is 1.42 bits per heavy atom. The summed E-state index contributed by atoms with van der Waals surface area (Å²) in [5.74, 6) is 0. The fourth-order valence-corrected chi connectivity index (χ4v) is 1.03. The third kappa shape index (κ3) is 2.60. The standard InChI is InChI=1S/C9H15N3/c1-12(2)7-8-3-4-9(5-10)11-6-8/h3-4,6H,5,7,10H2,1-2H3. The lowest BCUT2D eigenvalue weighted by Gasteiger charge is -2.08. The van der Waals surface area contributed by atoms with Crippen molar-refractivity contribution in [1.82, 2.24) is 9.88 Å². The Morgan fingerprint density at radius 2 is 2.17 bits per heavy atom. The molecule has 1 aromatic rings. The molecule has 1 rings (SSSR count). The first-order chi connectivity index (χ1) is 5.72. The van der Waals surface area contributed by atoms with Gasteiger partial charge < -0.3 is 10.6 Å². The van der Waals surface area contributed by atoms with Gasteiger partial charge in [0, 0.05) is 19.3 Å². The van der Waals surface area contributed by atoms with Crippen LogP contribution in [0.1, 0.15) is 11.3 Å². The normalized spacial score (nSPS) is 10.7. The average Bonchev–Trinajstić information content (AvgIpc) is 2.05. The number of hydrogen-bond acceptors (Lipinski definition) is 3. The second kappa shape index (κ2) is 4.18. The van der Waals surface area contributed by atoms with E-state index in [1.54, 1.807) is 0 Å². The average molecular weight is 165 g/mol. The number of hydrogen-bond donors (Lipinski definition) is 1. The highest BCUT2D eigenvalue weighted by Gasteiger charge is 1.95. The smallest absolute Gasteiger partial charge is 0.0539 e. The van der Waals surface area contributed by atoms with Crippen LogP contribution in [0.15, 0.2) is 18.3 Å². The molecular weight excluding hydrogens is 150 g/mol. The van der Waals surface area contributed by atoms with E-state index in [4.69, 9.17) is 5.73 Å². The predicted octanol–water partition coefficient (Wildman–Crippen LogP) is 0.602. The van der Waals surface area contributed by atoms with Crippen molar-refractivity contribution in [1.29, 1.82) is 0 Å². The lowest BCUT2D eigenvalue weighted by atomic mass is 10.2. The molecule has 0 aliphatic carbocycles. The minimum Gasteiger partial charge on any atom is -0.325 e. The van der Waals surface area contributed by atoms with Gasteiger partial charge in [0.2, 0.25) is 0 Å². The van der Waals surface area contributed by atoms with Crippen molar-refractivity contribution in [3.05, 3.63) is 29.6 Å². The fourth-order valence-electron chi connectivity index (χ4n) is 1.03. The van der Waals surface area contributed by atoms with Crippen molar-refractivity contribution in [2.24, 2.45) is 5.73 Å². The maximum absolute atomic E-state index is 5.43. The van der Waals surface area contributed by atoms with Crippen LogP contribution in [0.3, 0.4) is 0 Å². The van der Waals surface area contributed by atoms with Gasteiger partial charge in [0.25, 0.3) is 0 Å². The second-order valence-electron chi connectivity index (χ2n) is 3.10. The van der Waals surface area contributed by atoms with Crippen molar-refractivity contribution in [2.45, 2.75) is 13.1 Å². The number of pyridine rings is 1. The number of nitrogens with two attached hydrogens (primary N) is 1. The summed E-state index contributed by atoms with van der Waals surface area (Å²) < 4.78 is 0. The number of aromatic nitrogens is 1. The summed E-state index contributed by atoms with van der Waals surface area (Å²) in [6, 6.07) is 4.04. The zero-order chi connectivity index (χ0) is 8.97. The molecule has 0 atom stereocenters. The monoisotopic (exact) mass is 165 g/mol. The lowest BCUT2D eigenvalue weighted by Crippen LogP contribution is -2.11. The van der Waals surface area contributed by atoms with Crippen LogP contribution in [-0.4, -0.2) is 24.0 Å². The summed E-state index contributed by atoms with van der Waals surface area (Å²) in [4.78, 5) is 6.31. The zero-order valence-corrected chi connectivity index (χ0v) is 7.62. The third-order valence-corrected chi connectivity index (χ3v) is 1.59. The summed E-state index contributed by atoms with van der Waals surface area (Å²) >= 11 is 0. The Labute approximate surface area is 73.2 Å². The zero-order valence-electron chi connectivity index (χ0n) is 7.62. The molecule has 66 valence electrons. The number of nitrogens with zero attached hydrogens (tertiary/aromatic N) is 2. The van der Waals surface area contributed by atoms with Gasteiger partial charge in [-0.1, -0.05) is 6.07 Å². The van der Waals surface area contributed by atoms with Gasteiger partial charge in [-0.05, 0) is 25.7 Å². The third-order valence-electron chi connectivity index (χ3n) is 1.59. The fraction of sp³-hybridized carbons (Fsp3) is 0.444. The first-order valence-electron chi connectivity index (χ1n) is 4.01. The van der Waals surface area contributed by atoms with Crippen LogP contribution in [0, 0.1) is 0 Å². The van der Waals surface area contributed by atoms with Crippen molar-refractivity contribution in [3.8, 4) is 0 Å². The van der Waals surface area contributed by atoms with Gasteiger partial charge in [-0.25, -0.2) is 0 Å². The minimum atomic E-state index is 0.516. The van der Waals surface area contributed by atoms with E-state index in [1.807, 2.05) is 26.4 Å². The molecule has 0 aromatic carbocycles. The first-order valence-corrected chi connectivity index (χ1v) is 4.01. The summed E-state index contributed by atoms with van der Waals surface area (Å²) in [6.07, 6.45) is 1.88. The van der Waals surface area contributed by atoms with Crippen molar-refractivity contribution < 1.29 is 0 Å². The Morgan fingerprint density at radius 3 is 2.58 bits per heavy atom. The van der Waals surface area contributed by atoms with Gasteiger partial charge in [-0.15, -0.1) is 0 Å². The molecule has 0 bridgehead atoms. The molecule has 0 aliphatic rings. The summed E-state index contributed by atoms with van der Waals surface area (Å²) in [6.45, 7) is 1.44. The van der Waals surface area contributed by atoms with Crippen molar-refractivity contribution in [3.63, 3.8) is 0 Å². The minimum absolute atomic E-state index is 0.516. The molecule has 3 nitrogen and oxygen atoms in total. The highest BCUT2D eigenvalue weighted by atomic mass is 15.0. The Bertz CT molecular complexity index is 228. The van der Waals surface area contributed by atoms with Gasteiger partial charge in [0.1, 0.15) is 0 Å². The molecule has 0 saturated carbocycles. The van der Waals surface area contributed by atoms with Gasteiger partial charge in [-0.2, -0.15) is 0 Å². The molecule has 0 radical (unpaired) electrons. The Hall–Kier alpha value is -0.930. The molecule has 2 N–H and O–H groups in total. The molecule has 0 amide bonds. The Kier molecular flexibility index (Phi) is 3.19. The molecule has 12 heavy (non-hydrogen) atoms. The molecule has 0 saturated heterocycles. The van der Waals surface area contributed by atoms with Crippen LogP contribution in [-0.2, 0) is 13.1 Å². The van der Waals surface area contributed by atoms with E-state index < -0.39 is 0 Å². The second-order valence-corrected chi connectivity index (χ2v) is 3.10. The van der Waals surface area contributed by atoms with E-state index in [2.05, 4.69) is 16.0 Å². The van der Waals surface area contributed by atoms with E-state index in [9.17, 15) is 0 Å². The van der Waals surface area contributed by atoms with Gasteiger partial charge in [-0.3, -0.25) is 4.98 Å². The maximum atomic E-state index is 5.43. The predicted molar refractivity (Wildman–Crippen MR) is 49.5 cm³/mol. The number of rotatable bonds is 3. The topological polar surface area (TPSA) is 42.1 Å². The molecule has 3 heteroatoms. The molecule has 1 aromatic heterocycles. The largest absolute Gasteiger partial charge is 0.325 e. The molecule has 0 fully saturated rings. The lowest BCUT2D eigenvalue weighted by molar-refractivity contribution is 0.402. The highest BCUT2D eigenvalue weighted by molar-refractivity contribution is 5.13. The van der Waals surface area contributed by atoms with Gasteiger partial charge >= 0.3 is 0 Å². The SMILES string of the molecule is CN(C)Cc1ccc(CN)nc1. The molecule has 0 unspecified atom stereocenters. The summed E-state index contributed by atoms with van der Waals surface area (Å²) in [5.41, 5.74) is 7.59. The van der Waals surface area contributed by atoms with Crippen LogP contribution in [0.5, 0.6) is 0 Å². The van der Waals surface area contributed by atoms with E-state index in [0.29, 0.717) is 6.54 Å². The van der Waals surface area contributed by atoms with Crippen LogP contribution >= 0.6 is 0 Å².